The van der Waals surface area contributed by atoms with Crippen LogP contribution in [0.25, 0.3) is 0 Å². The molecule has 0 fully saturated rings. The molecule has 0 saturated heterocycles. The Labute approximate surface area is 96.8 Å². The van der Waals surface area contributed by atoms with Crippen LogP contribution in [0.1, 0.15) is 25.8 Å². The van der Waals surface area contributed by atoms with Gasteiger partial charge in [-0.2, -0.15) is 0 Å². The lowest BCUT2D eigenvalue weighted by Crippen LogP contribution is -2.25. The van der Waals surface area contributed by atoms with Gasteiger partial charge in [-0.15, -0.1) is 0 Å². The largest absolute Gasteiger partial charge is 0.454 e. The molecule has 1 unspecified atom stereocenters. The molecule has 16 heavy (non-hydrogen) atoms. The van der Waals surface area contributed by atoms with E-state index < -0.39 is 0 Å². The maximum atomic E-state index is 5.36. The molecule has 0 spiro atoms. The Hall–Kier alpha value is -1.22. The van der Waals surface area contributed by atoms with Crippen LogP contribution in [-0.4, -0.2) is 19.4 Å². The van der Waals surface area contributed by atoms with Crippen molar-refractivity contribution in [1.82, 2.24) is 5.32 Å². The minimum absolute atomic E-state index is 0.354. The summed E-state index contributed by atoms with van der Waals surface area (Å²) >= 11 is 0. The zero-order chi connectivity index (χ0) is 11.4. The average Bonchev–Trinajstić information content (AvgIpc) is 2.74. The monoisotopic (exact) mass is 221 g/mol. The Morgan fingerprint density at radius 2 is 2.12 bits per heavy atom. The molecule has 2 rings (SSSR count). The van der Waals surface area contributed by atoms with Gasteiger partial charge in [-0.25, -0.2) is 0 Å². The minimum Gasteiger partial charge on any atom is -0.454 e. The summed E-state index contributed by atoms with van der Waals surface area (Å²) in [4.78, 5) is 0. The quantitative estimate of drug-likeness (QED) is 0.828. The third kappa shape index (κ3) is 2.67. The Balaban J connectivity index is 1.90. The molecular weight excluding hydrogens is 202 g/mol. The van der Waals surface area contributed by atoms with Gasteiger partial charge in [-0.1, -0.05) is 13.0 Å². The number of ether oxygens (including phenoxy) is 2. The highest BCUT2D eigenvalue weighted by atomic mass is 16.7. The van der Waals surface area contributed by atoms with E-state index in [2.05, 4.69) is 31.3 Å². The Morgan fingerprint density at radius 1 is 1.31 bits per heavy atom. The second-order valence-electron chi connectivity index (χ2n) is 4.19. The lowest BCUT2D eigenvalue weighted by atomic mass is 10.1. The second-order valence-corrected chi connectivity index (χ2v) is 4.19. The van der Waals surface area contributed by atoms with Crippen molar-refractivity contribution in [1.29, 1.82) is 0 Å². The fraction of sp³-hybridized carbons (Fsp3) is 0.538. The molecule has 1 aromatic rings. The normalized spacial score (nSPS) is 15.1. The molecule has 0 aliphatic carbocycles. The van der Waals surface area contributed by atoms with Gasteiger partial charge in [0, 0.05) is 6.04 Å². The average molecular weight is 221 g/mol. The Morgan fingerprint density at radius 3 is 2.94 bits per heavy atom. The molecule has 1 heterocycles. The summed E-state index contributed by atoms with van der Waals surface area (Å²) in [5.41, 5.74) is 1.31. The number of hydrogen-bond acceptors (Lipinski definition) is 3. The highest BCUT2D eigenvalue weighted by Gasteiger charge is 2.13. The molecule has 1 N–H and O–H groups in total. The number of aryl methyl sites for hydroxylation is 1. The van der Waals surface area contributed by atoms with Crippen LogP contribution in [0.2, 0.25) is 0 Å². The third-order valence-electron chi connectivity index (χ3n) is 2.86. The highest BCUT2D eigenvalue weighted by molar-refractivity contribution is 5.44. The Kier molecular flexibility index (Phi) is 3.67. The smallest absolute Gasteiger partial charge is 0.231 e. The van der Waals surface area contributed by atoms with Crippen molar-refractivity contribution in [2.45, 2.75) is 32.7 Å². The number of benzene rings is 1. The molecule has 0 aromatic heterocycles. The topological polar surface area (TPSA) is 30.5 Å². The van der Waals surface area contributed by atoms with Gasteiger partial charge in [0.2, 0.25) is 6.79 Å². The van der Waals surface area contributed by atoms with Crippen molar-refractivity contribution in [2.24, 2.45) is 0 Å². The van der Waals surface area contributed by atoms with Crippen molar-refractivity contribution in [2.75, 3.05) is 13.3 Å². The summed E-state index contributed by atoms with van der Waals surface area (Å²) in [5.74, 6) is 1.75. The van der Waals surface area contributed by atoms with Crippen LogP contribution in [0, 0.1) is 0 Å². The summed E-state index contributed by atoms with van der Waals surface area (Å²) in [6.45, 7) is 5.74. The van der Waals surface area contributed by atoms with Crippen molar-refractivity contribution in [3.05, 3.63) is 23.8 Å². The van der Waals surface area contributed by atoms with Gasteiger partial charge in [0.05, 0.1) is 0 Å². The Bertz CT molecular complexity index is 352. The van der Waals surface area contributed by atoms with Gasteiger partial charge < -0.3 is 14.8 Å². The van der Waals surface area contributed by atoms with Crippen molar-refractivity contribution in [3.63, 3.8) is 0 Å². The standard InChI is InChI=1S/C13H19NO2/c1-3-14-10(2)4-5-11-6-7-12-13(8-11)16-9-15-12/h6-8,10,14H,3-5,9H2,1-2H3. The van der Waals surface area contributed by atoms with Crippen LogP contribution >= 0.6 is 0 Å². The molecule has 1 atom stereocenters. The second kappa shape index (κ2) is 5.21. The molecule has 0 saturated carbocycles. The van der Waals surface area contributed by atoms with E-state index in [1.807, 2.05) is 6.07 Å². The SMILES string of the molecule is CCNC(C)CCc1ccc2c(c1)OCO2. The summed E-state index contributed by atoms with van der Waals surface area (Å²) in [5, 5.41) is 3.41. The van der Waals surface area contributed by atoms with Crippen molar-refractivity contribution in [3.8, 4) is 11.5 Å². The molecule has 3 nitrogen and oxygen atoms in total. The number of nitrogens with one attached hydrogen (secondary N) is 1. The fourth-order valence-electron chi connectivity index (χ4n) is 1.93. The lowest BCUT2D eigenvalue weighted by molar-refractivity contribution is 0.174. The van der Waals surface area contributed by atoms with Crippen LogP contribution < -0.4 is 14.8 Å². The van der Waals surface area contributed by atoms with Crippen LogP contribution in [0.5, 0.6) is 11.5 Å². The van der Waals surface area contributed by atoms with Gasteiger partial charge in [-0.05, 0) is 44.0 Å². The molecule has 0 amide bonds. The van der Waals surface area contributed by atoms with E-state index in [1.165, 1.54) is 5.56 Å². The molecular formula is C13H19NO2. The van der Waals surface area contributed by atoms with E-state index in [0.29, 0.717) is 12.8 Å². The van der Waals surface area contributed by atoms with Crippen LogP contribution in [-0.2, 0) is 6.42 Å². The first-order valence-electron chi connectivity index (χ1n) is 5.91. The van der Waals surface area contributed by atoms with Crippen LogP contribution in [0.4, 0.5) is 0 Å². The fourth-order valence-corrected chi connectivity index (χ4v) is 1.93. The van der Waals surface area contributed by atoms with Crippen LogP contribution in [0.15, 0.2) is 18.2 Å². The first kappa shape index (κ1) is 11.3. The highest BCUT2D eigenvalue weighted by Crippen LogP contribution is 2.32. The number of hydrogen-bond donors (Lipinski definition) is 1. The van der Waals surface area contributed by atoms with Crippen LogP contribution in [0.3, 0.4) is 0 Å². The van der Waals surface area contributed by atoms with Gasteiger partial charge >= 0.3 is 0 Å². The molecule has 1 aromatic carbocycles. The van der Waals surface area contributed by atoms with Gasteiger partial charge in [0.25, 0.3) is 0 Å². The predicted molar refractivity (Wildman–Crippen MR) is 64.0 cm³/mol. The predicted octanol–water partition coefficient (Wildman–Crippen LogP) is 2.35. The molecule has 3 heteroatoms. The lowest BCUT2D eigenvalue weighted by Gasteiger charge is -2.11. The summed E-state index contributed by atoms with van der Waals surface area (Å²) in [7, 11) is 0. The first-order chi connectivity index (χ1) is 7.79. The van der Waals surface area contributed by atoms with E-state index in [1.54, 1.807) is 0 Å². The molecule has 1 aliphatic rings. The molecule has 88 valence electrons. The minimum atomic E-state index is 0.354. The van der Waals surface area contributed by atoms with Gasteiger partial charge in [0.1, 0.15) is 0 Å². The van der Waals surface area contributed by atoms with Gasteiger partial charge in [0.15, 0.2) is 11.5 Å². The molecule has 0 radical (unpaired) electrons. The summed E-state index contributed by atoms with van der Waals surface area (Å²) in [6, 6.07) is 6.76. The summed E-state index contributed by atoms with van der Waals surface area (Å²) < 4.78 is 10.6. The maximum Gasteiger partial charge on any atom is 0.231 e. The van der Waals surface area contributed by atoms with E-state index in [9.17, 15) is 0 Å². The van der Waals surface area contributed by atoms with E-state index in [0.717, 1.165) is 30.9 Å². The number of fused-ring (bicyclic) bond motifs is 1. The van der Waals surface area contributed by atoms with E-state index >= 15 is 0 Å². The van der Waals surface area contributed by atoms with Crippen molar-refractivity contribution < 1.29 is 9.47 Å². The van der Waals surface area contributed by atoms with E-state index in [4.69, 9.17) is 9.47 Å². The van der Waals surface area contributed by atoms with Crippen molar-refractivity contribution >= 4 is 0 Å². The first-order valence-corrected chi connectivity index (χ1v) is 5.91. The molecule has 0 bridgehead atoms. The summed E-state index contributed by atoms with van der Waals surface area (Å²) in [6.07, 6.45) is 2.22. The maximum absolute atomic E-state index is 5.36. The van der Waals surface area contributed by atoms with Gasteiger partial charge in [-0.3, -0.25) is 0 Å². The zero-order valence-electron chi connectivity index (χ0n) is 9.95. The molecule has 1 aliphatic heterocycles. The number of rotatable bonds is 5. The zero-order valence-corrected chi connectivity index (χ0v) is 9.95. The third-order valence-corrected chi connectivity index (χ3v) is 2.86. The van der Waals surface area contributed by atoms with E-state index in [-0.39, 0.29) is 0 Å².